The lowest BCUT2D eigenvalue weighted by molar-refractivity contribution is -0.384. The molecule has 2 rings (SSSR count). The SMILES string of the molecule is N#Cc1cc([N+](=O)[O-])ccc1NC(=O)[C@@H]1CCCN1. The van der Waals surface area contributed by atoms with Crippen LogP contribution in [0.2, 0.25) is 0 Å². The van der Waals surface area contributed by atoms with E-state index in [1.165, 1.54) is 12.1 Å². The summed E-state index contributed by atoms with van der Waals surface area (Å²) in [6.45, 7) is 0.795. The molecule has 0 saturated carbocycles. The minimum Gasteiger partial charge on any atom is -0.324 e. The predicted octanol–water partition coefficient (Wildman–Crippen LogP) is 1.16. The van der Waals surface area contributed by atoms with Gasteiger partial charge in [-0.3, -0.25) is 14.9 Å². The van der Waals surface area contributed by atoms with Crippen molar-refractivity contribution in [1.29, 1.82) is 5.26 Å². The van der Waals surface area contributed by atoms with E-state index in [2.05, 4.69) is 10.6 Å². The highest BCUT2D eigenvalue weighted by molar-refractivity contribution is 5.96. The second kappa shape index (κ2) is 5.46. The van der Waals surface area contributed by atoms with E-state index in [0.29, 0.717) is 5.69 Å². The van der Waals surface area contributed by atoms with Crippen LogP contribution in [-0.2, 0) is 4.79 Å². The van der Waals surface area contributed by atoms with E-state index in [0.717, 1.165) is 25.5 Å². The van der Waals surface area contributed by atoms with Crippen LogP contribution >= 0.6 is 0 Å². The smallest absolute Gasteiger partial charge is 0.270 e. The fourth-order valence-electron chi connectivity index (χ4n) is 1.98. The van der Waals surface area contributed by atoms with Crippen LogP contribution in [-0.4, -0.2) is 23.4 Å². The first-order chi connectivity index (χ1) is 9.11. The molecule has 98 valence electrons. The van der Waals surface area contributed by atoms with Gasteiger partial charge in [-0.2, -0.15) is 5.26 Å². The summed E-state index contributed by atoms with van der Waals surface area (Å²) in [5, 5.41) is 25.2. The molecule has 0 aromatic heterocycles. The molecule has 7 nitrogen and oxygen atoms in total. The number of amides is 1. The summed E-state index contributed by atoms with van der Waals surface area (Å²) in [6, 6.07) is 5.38. The van der Waals surface area contributed by atoms with Gasteiger partial charge in [-0.1, -0.05) is 0 Å². The first-order valence-corrected chi connectivity index (χ1v) is 5.84. The third-order valence-corrected chi connectivity index (χ3v) is 2.97. The number of anilines is 1. The van der Waals surface area contributed by atoms with Crippen LogP contribution in [0.4, 0.5) is 11.4 Å². The summed E-state index contributed by atoms with van der Waals surface area (Å²) in [6.07, 6.45) is 1.68. The zero-order valence-corrected chi connectivity index (χ0v) is 10.0. The van der Waals surface area contributed by atoms with Crippen LogP contribution in [0, 0.1) is 21.4 Å². The number of hydrogen-bond donors (Lipinski definition) is 2. The number of nitro groups is 1. The van der Waals surface area contributed by atoms with Gasteiger partial charge in [0.1, 0.15) is 6.07 Å². The van der Waals surface area contributed by atoms with Gasteiger partial charge in [0.25, 0.3) is 5.69 Å². The van der Waals surface area contributed by atoms with E-state index in [9.17, 15) is 14.9 Å². The van der Waals surface area contributed by atoms with E-state index < -0.39 is 4.92 Å². The molecular formula is C12H12N4O3. The maximum Gasteiger partial charge on any atom is 0.270 e. The Balaban J connectivity index is 2.18. The number of benzene rings is 1. The average Bonchev–Trinajstić information content (AvgIpc) is 2.92. The summed E-state index contributed by atoms with van der Waals surface area (Å²) in [7, 11) is 0. The highest BCUT2D eigenvalue weighted by Gasteiger charge is 2.23. The van der Waals surface area contributed by atoms with Gasteiger partial charge in [0.15, 0.2) is 0 Å². The fraction of sp³-hybridized carbons (Fsp3) is 0.333. The number of hydrogen-bond acceptors (Lipinski definition) is 5. The standard InChI is InChI=1S/C12H12N4O3/c13-7-8-6-9(16(18)19)3-4-10(8)15-12(17)11-2-1-5-14-11/h3-4,6,11,14H,1-2,5H2,(H,15,17)/t11-/m0/s1. The van der Waals surface area contributed by atoms with Crippen molar-refractivity contribution >= 4 is 17.3 Å². The molecule has 0 bridgehead atoms. The molecule has 1 saturated heterocycles. The maximum absolute atomic E-state index is 11.9. The lowest BCUT2D eigenvalue weighted by atomic mass is 10.1. The summed E-state index contributed by atoms with van der Waals surface area (Å²) < 4.78 is 0. The average molecular weight is 260 g/mol. The highest BCUT2D eigenvalue weighted by atomic mass is 16.6. The Labute approximate surface area is 109 Å². The quantitative estimate of drug-likeness (QED) is 0.626. The van der Waals surface area contributed by atoms with Gasteiger partial charge >= 0.3 is 0 Å². The summed E-state index contributed by atoms with van der Waals surface area (Å²) in [5.41, 5.74) is 0.209. The van der Waals surface area contributed by atoms with Crippen LogP contribution in [0.1, 0.15) is 18.4 Å². The molecule has 1 heterocycles. The number of carbonyl (C=O) groups is 1. The normalized spacial score (nSPS) is 17.7. The molecular weight excluding hydrogens is 248 g/mol. The molecule has 1 atom stereocenters. The van der Waals surface area contributed by atoms with Gasteiger partial charge in [0, 0.05) is 12.1 Å². The van der Waals surface area contributed by atoms with Gasteiger partial charge in [0.05, 0.1) is 22.2 Å². The molecule has 1 fully saturated rings. The molecule has 7 heteroatoms. The van der Waals surface area contributed by atoms with Gasteiger partial charge in [-0.25, -0.2) is 0 Å². The molecule has 1 aliphatic heterocycles. The van der Waals surface area contributed by atoms with Gasteiger partial charge in [-0.05, 0) is 25.5 Å². The molecule has 1 aromatic rings. The zero-order chi connectivity index (χ0) is 13.8. The van der Waals surface area contributed by atoms with E-state index in [-0.39, 0.29) is 23.2 Å². The summed E-state index contributed by atoms with van der Waals surface area (Å²) in [5.74, 6) is -0.220. The summed E-state index contributed by atoms with van der Waals surface area (Å²) in [4.78, 5) is 21.9. The molecule has 0 aliphatic carbocycles. The van der Waals surface area contributed by atoms with Crippen molar-refractivity contribution in [3.63, 3.8) is 0 Å². The molecule has 0 spiro atoms. The second-order valence-electron chi connectivity index (χ2n) is 4.24. The van der Waals surface area contributed by atoms with Gasteiger partial charge in [0.2, 0.25) is 5.91 Å². The van der Waals surface area contributed by atoms with Crippen molar-refractivity contribution in [2.45, 2.75) is 18.9 Å². The Bertz CT molecular complexity index is 559. The Morgan fingerprint density at radius 1 is 1.58 bits per heavy atom. The van der Waals surface area contributed by atoms with Crippen molar-refractivity contribution < 1.29 is 9.72 Å². The minimum absolute atomic E-state index is 0.0838. The highest BCUT2D eigenvalue weighted by Crippen LogP contribution is 2.22. The Hall–Kier alpha value is -2.46. The van der Waals surface area contributed by atoms with Gasteiger partial charge in [-0.15, -0.1) is 0 Å². The number of carbonyl (C=O) groups excluding carboxylic acids is 1. The van der Waals surface area contributed by atoms with Crippen LogP contribution in [0.5, 0.6) is 0 Å². The number of nitriles is 1. The first kappa shape index (κ1) is 13.0. The zero-order valence-electron chi connectivity index (χ0n) is 10.0. The molecule has 2 N–H and O–H groups in total. The fourth-order valence-corrected chi connectivity index (χ4v) is 1.98. The molecule has 1 aromatic carbocycles. The Morgan fingerprint density at radius 3 is 2.95 bits per heavy atom. The van der Waals surface area contributed by atoms with E-state index in [1.807, 2.05) is 6.07 Å². The van der Waals surface area contributed by atoms with Crippen LogP contribution in [0.25, 0.3) is 0 Å². The lowest BCUT2D eigenvalue weighted by Gasteiger charge is -2.11. The van der Waals surface area contributed by atoms with E-state index in [1.54, 1.807) is 0 Å². The lowest BCUT2D eigenvalue weighted by Crippen LogP contribution is -2.35. The number of nitro benzene ring substituents is 1. The van der Waals surface area contributed by atoms with Crippen LogP contribution in [0.15, 0.2) is 18.2 Å². The number of nitrogens with zero attached hydrogens (tertiary/aromatic N) is 2. The van der Waals surface area contributed by atoms with Gasteiger partial charge < -0.3 is 10.6 Å². The largest absolute Gasteiger partial charge is 0.324 e. The third kappa shape index (κ3) is 2.86. The van der Waals surface area contributed by atoms with Crippen molar-refractivity contribution in [3.05, 3.63) is 33.9 Å². The Morgan fingerprint density at radius 2 is 2.37 bits per heavy atom. The number of non-ortho nitro benzene ring substituents is 1. The molecule has 0 unspecified atom stereocenters. The maximum atomic E-state index is 11.9. The van der Waals surface area contributed by atoms with Crippen molar-refractivity contribution in [2.75, 3.05) is 11.9 Å². The summed E-state index contributed by atoms with van der Waals surface area (Å²) >= 11 is 0. The second-order valence-corrected chi connectivity index (χ2v) is 4.24. The van der Waals surface area contributed by atoms with Crippen LogP contribution < -0.4 is 10.6 Å². The van der Waals surface area contributed by atoms with Crippen molar-refractivity contribution in [3.8, 4) is 6.07 Å². The number of rotatable bonds is 3. The predicted molar refractivity (Wildman–Crippen MR) is 67.5 cm³/mol. The Kier molecular flexibility index (Phi) is 3.73. The van der Waals surface area contributed by atoms with E-state index in [4.69, 9.17) is 5.26 Å². The monoisotopic (exact) mass is 260 g/mol. The number of nitrogens with one attached hydrogen (secondary N) is 2. The van der Waals surface area contributed by atoms with Crippen LogP contribution in [0.3, 0.4) is 0 Å². The molecule has 1 aliphatic rings. The molecule has 0 radical (unpaired) electrons. The molecule has 1 amide bonds. The van der Waals surface area contributed by atoms with Crippen molar-refractivity contribution in [2.24, 2.45) is 0 Å². The van der Waals surface area contributed by atoms with Crippen molar-refractivity contribution in [1.82, 2.24) is 5.32 Å². The van der Waals surface area contributed by atoms with E-state index >= 15 is 0 Å². The minimum atomic E-state index is -0.578. The third-order valence-electron chi connectivity index (χ3n) is 2.97. The topological polar surface area (TPSA) is 108 Å². The first-order valence-electron chi connectivity index (χ1n) is 5.84. The molecule has 19 heavy (non-hydrogen) atoms.